The van der Waals surface area contributed by atoms with Crippen LogP contribution < -0.4 is 10.1 Å². The molecular formula is C19H22ClNO2S. The van der Waals surface area contributed by atoms with Gasteiger partial charge in [-0.15, -0.1) is 11.8 Å². The second-order valence-corrected chi connectivity index (χ2v) is 7.31. The van der Waals surface area contributed by atoms with Gasteiger partial charge >= 0.3 is 0 Å². The SMILES string of the molecule is COc1ccc(CCCNC(=O)[C@H](C)Sc2ccc(Cl)cc2)cc1. The number of carbonyl (C=O) groups is 1. The van der Waals surface area contributed by atoms with Crippen LogP contribution in [-0.4, -0.2) is 24.8 Å². The summed E-state index contributed by atoms with van der Waals surface area (Å²) < 4.78 is 5.14. The number of ether oxygens (including phenoxy) is 1. The Labute approximate surface area is 152 Å². The summed E-state index contributed by atoms with van der Waals surface area (Å²) in [5, 5.41) is 3.57. The molecule has 2 rings (SSSR count). The zero-order valence-electron chi connectivity index (χ0n) is 13.9. The predicted octanol–water partition coefficient (Wildman–Crippen LogP) is 4.58. The summed E-state index contributed by atoms with van der Waals surface area (Å²) in [6.07, 6.45) is 1.85. The van der Waals surface area contributed by atoms with Crippen LogP contribution in [0.3, 0.4) is 0 Å². The Hall–Kier alpha value is -1.65. The first kappa shape index (κ1) is 18.7. The lowest BCUT2D eigenvalue weighted by Gasteiger charge is -2.12. The number of aryl methyl sites for hydroxylation is 1. The summed E-state index contributed by atoms with van der Waals surface area (Å²) in [6, 6.07) is 15.6. The number of carbonyl (C=O) groups excluding carboxylic acids is 1. The van der Waals surface area contributed by atoms with Gasteiger partial charge in [0.1, 0.15) is 5.75 Å². The molecule has 1 N–H and O–H groups in total. The number of amides is 1. The maximum Gasteiger partial charge on any atom is 0.233 e. The van der Waals surface area contributed by atoms with Gasteiger partial charge in [0.25, 0.3) is 0 Å². The van der Waals surface area contributed by atoms with Crippen molar-refractivity contribution < 1.29 is 9.53 Å². The molecule has 0 saturated heterocycles. The van der Waals surface area contributed by atoms with Gasteiger partial charge in [-0.1, -0.05) is 23.7 Å². The van der Waals surface area contributed by atoms with Crippen LogP contribution in [0.4, 0.5) is 0 Å². The zero-order valence-corrected chi connectivity index (χ0v) is 15.5. The number of benzene rings is 2. The molecule has 128 valence electrons. The molecule has 5 heteroatoms. The fourth-order valence-electron chi connectivity index (χ4n) is 2.21. The van der Waals surface area contributed by atoms with Crippen LogP contribution in [0.25, 0.3) is 0 Å². The summed E-state index contributed by atoms with van der Waals surface area (Å²) in [5.74, 6) is 0.921. The van der Waals surface area contributed by atoms with E-state index in [1.807, 2.05) is 43.3 Å². The van der Waals surface area contributed by atoms with Crippen LogP contribution in [0.2, 0.25) is 5.02 Å². The second kappa shape index (κ2) is 9.60. The Morgan fingerprint density at radius 3 is 2.46 bits per heavy atom. The van der Waals surface area contributed by atoms with Crippen molar-refractivity contribution in [3.63, 3.8) is 0 Å². The molecule has 0 aliphatic carbocycles. The van der Waals surface area contributed by atoms with Gasteiger partial charge in [0, 0.05) is 16.5 Å². The van der Waals surface area contributed by atoms with Crippen LogP contribution in [0, 0.1) is 0 Å². The van der Waals surface area contributed by atoms with Crippen LogP contribution in [0.1, 0.15) is 18.9 Å². The van der Waals surface area contributed by atoms with Gasteiger partial charge in [-0.05, 0) is 61.7 Å². The Bertz CT molecular complexity index is 643. The van der Waals surface area contributed by atoms with Crippen LogP contribution >= 0.6 is 23.4 Å². The molecular weight excluding hydrogens is 342 g/mol. The number of methoxy groups -OCH3 is 1. The Kier molecular flexibility index (Phi) is 7.47. The van der Waals surface area contributed by atoms with Crippen molar-refractivity contribution in [1.29, 1.82) is 0 Å². The quantitative estimate of drug-likeness (QED) is 0.551. The van der Waals surface area contributed by atoms with Crippen molar-refractivity contribution in [2.45, 2.75) is 29.9 Å². The van der Waals surface area contributed by atoms with Gasteiger partial charge in [-0.2, -0.15) is 0 Å². The summed E-state index contributed by atoms with van der Waals surface area (Å²) in [6.45, 7) is 2.59. The topological polar surface area (TPSA) is 38.3 Å². The lowest BCUT2D eigenvalue weighted by molar-refractivity contribution is -0.120. The van der Waals surface area contributed by atoms with E-state index in [-0.39, 0.29) is 11.2 Å². The molecule has 24 heavy (non-hydrogen) atoms. The molecule has 0 fully saturated rings. The second-order valence-electron chi connectivity index (χ2n) is 5.46. The highest BCUT2D eigenvalue weighted by molar-refractivity contribution is 8.00. The van der Waals surface area contributed by atoms with E-state index in [0.29, 0.717) is 11.6 Å². The number of hydrogen-bond acceptors (Lipinski definition) is 3. The Balaban J connectivity index is 1.69. The third kappa shape index (κ3) is 6.10. The third-order valence-electron chi connectivity index (χ3n) is 3.60. The zero-order chi connectivity index (χ0) is 17.4. The van der Waals surface area contributed by atoms with Crippen LogP contribution in [0.15, 0.2) is 53.4 Å². The van der Waals surface area contributed by atoms with Gasteiger partial charge in [-0.25, -0.2) is 0 Å². The molecule has 0 bridgehead atoms. The van der Waals surface area contributed by atoms with E-state index < -0.39 is 0 Å². The highest BCUT2D eigenvalue weighted by atomic mass is 35.5. The molecule has 1 atom stereocenters. The molecule has 0 aromatic heterocycles. The Morgan fingerprint density at radius 1 is 1.17 bits per heavy atom. The number of hydrogen-bond donors (Lipinski definition) is 1. The molecule has 3 nitrogen and oxygen atoms in total. The van der Waals surface area contributed by atoms with Gasteiger partial charge in [0.2, 0.25) is 5.91 Å². The van der Waals surface area contributed by atoms with E-state index in [4.69, 9.17) is 16.3 Å². The Morgan fingerprint density at radius 2 is 1.83 bits per heavy atom. The molecule has 0 unspecified atom stereocenters. The molecule has 0 spiro atoms. The minimum Gasteiger partial charge on any atom is -0.497 e. The van der Waals surface area contributed by atoms with Crippen molar-refractivity contribution in [3.8, 4) is 5.75 Å². The maximum absolute atomic E-state index is 12.1. The average molecular weight is 364 g/mol. The van der Waals surface area contributed by atoms with Gasteiger partial charge in [-0.3, -0.25) is 4.79 Å². The highest BCUT2D eigenvalue weighted by Crippen LogP contribution is 2.24. The van der Waals surface area contributed by atoms with Crippen LogP contribution in [0.5, 0.6) is 5.75 Å². The van der Waals surface area contributed by atoms with Gasteiger partial charge in [0.05, 0.1) is 12.4 Å². The van der Waals surface area contributed by atoms with Crippen molar-refractivity contribution in [2.75, 3.05) is 13.7 Å². The fraction of sp³-hybridized carbons (Fsp3) is 0.316. The van der Waals surface area contributed by atoms with E-state index in [0.717, 1.165) is 23.5 Å². The molecule has 2 aromatic carbocycles. The van der Waals surface area contributed by atoms with E-state index in [1.54, 1.807) is 7.11 Å². The van der Waals surface area contributed by atoms with E-state index in [1.165, 1.54) is 17.3 Å². The summed E-state index contributed by atoms with van der Waals surface area (Å²) in [7, 11) is 1.66. The number of thioether (sulfide) groups is 1. The third-order valence-corrected chi connectivity index (χ3v) is 4.96. The van der Waals surface area contributed by atoms with Gasteiger partial charge < -0.3 is 10.1 Å². The first-order valence-corrected chi connectivity index (χ1v) is 9.17. The minimum atomic E-state index is -0.132. The molecule has 0 aliphatic rings. The summed E-state index contributed by atoms with van der Waals surface area (Å²) >= 11 is 7.40. The molecule has 0 saturated carbocycles. The van der Waals surface area contributed by atoms with Crippen molar-refractivity contribution >= 4 is 29.3 Å². The van der Waals surface area contributed by atoms with Crippen molar-refractivity contribution in [1.82, 2.24) is 5.32 Å². The number of halogens is 1. The smallest absolute Gasteiger partial charge is 0.233 e. The average Bonchev–Trinajstić information content (AvgIpc) is 2.61. The summed E-state index contributed by atoms with van der Waals surface area (Å²) in [4.78, 5) is 13.2. The van der Waals surface area contributed by atoms with Crippen molar-refractivity contribution in [2.24, 2.45) is 0 Å². The lowest BCUT2D eigenvalue weighted by Crippen LogP contribution is -2.31. The fourth-order valence-corrected chi connectivity index (χ4v) is 3.23. The van der Waals surface area contributed by atoms with Crippen molar-refractivity contribution in [3.05, 3.63) is 59.1 Å². The molecule has 0 aliphatic heterocycles. The first-order valence-electron chi connectivity index (χ1n) is 7.91. The normalized spacial score (nSPS) is 11.8. The lowest BCUT2D eigenvalue weighted by atomic mass is 10.1. The molecule has 1 amide bonds. The van der Waals surface area contributed by atoms with E-state index >= 15 is 0 Å². The van der Waals surface area contributed by atoms with E-state index in [9.17, 15) is 4.79 Å². The molecule has 0 heterocycles. The van der Waals surface area contributed by atoms with Gasteiger partial charge in [0.15, 0.2) is 0 Å². The minimum absolute atomic E-state index is 0.0599. The van der Waals surface area contributed by atoms with Crippen LogP contribution in [-0.2, 0) is 11.2 Å². The first-order chi connectivity index (χ1) is 11.6. The standard InChI is InChI=1S/C19H22ClNO2S/c1-14(24-18-11-7-16(20)8-12-18)19(22)21-13-3-4-15-5-9-17(23-2)10-6-15/h5-12,14H,3-4,13H2,1-2H3,(H,21,22)/t14-/m0/s1. The molecule has 0 radical (unpaired) electrons. The summed E-state index contributed by atoms with van der Waals surface area (Å²) in [5.41, 5.74) is 1.24. The highest BCUT2D eigenvalue weighted by Gasteiger charge is 2.13. The largest absolute Gasteiger partial charge is 0.497 e. The molecule has 2 aromatic rings. The monoisotopic (exact) mass is 363 g/mol. The number of rotatable bonds is 8. The number of nitrogens with one attached hydrogen (secondary N) is 1. The predicted molar refractivity (Wildman–Crippen MR) is 101 cm³/mol. The maximum atomic E-state index is 12.1. The van der Waals surface area contributed by atoms with E-state index in [2.05, 4.69) is 17.4 Å².